The number of hydrogen-bond donors (Lipinski definition) is 1. The van der Waals surface area contributed by atoms with Crippen LogP contribution in [0.2, 0.25) is 5.02 Å². The monoisotopic (exact) mass is 463 g/mol. The van der Waals surface area contributed by atoms with Gasteiger partial charge in [-0.05, 0) is 17.2 Å². The van der Waals surface area contributed by atoms with Gasteiger partial charge in [-0.15, -0.1) is 0 Å². The molecular formula is C25H22ClN3O4. The summed E-state index contributed by atoms with van der Waals surface area (Å²) in [5, 5.41) is 0.538. The van der Waals surface area contributed by atoms with Gasteiger partial charge in [0, 0.05) is 12.7 Å². The molecule has 2 aliphatic heterocycles. The van der Waals surface area contributed by atoms with Crippen LogP contribution in [-0.4, -0.2) is 59.7 Å². The maximum atomic E-state index is 6.57. The van der Waals surface area contributed by atoms with Gasteiger partial charge in [-0.2, -0.15) is 4.98 Å². The van der Waals surface area contributed by atoms with Crippen LogP contribution in [0.15, 0.2) is 60.7 Å². The first kappa shape index (κ1) is 20.6. The molecule has 2 fully saturated rings. The third-order valence-corrected chi connectivity index (χ3v) is 6.49. The van der Waals surface area contributed by atoms with Crippen molar-refractivity contribution in [2.45, 2.75) is 24.4 Å². The van der Waals surface area contributed by atoms with E-state index in [4.69, 9.17) is 35.5 Å². The second kappa shape index (κ2) is 8.43. The highest BCUT2D eigenvalue weighted by Crippen LogP contribution is 2.33. The first-order valence-corrected chi connectivity index (χ1v) is 11.2. The van der Waals surface area contributed by atoms with Crippen molar-refractivity contribution in [2.75, 3.05) is 20.3 Å². The van der Waals surface area contributed by atoms with Crippen molar-refractivity contribution in [1.29, 1.82) is 0 Å². The number of ether oxygens (including phenoxy) is 4. The minimum atomic E-state index is -0.267. The average Bonchev–Trinajstić information content (AvgIpc) is 3.55. The smallest absolute Gasteiger partial charge is 0.296 e. The van der Waals surface area contributed by atoms with Crippen LogP contribution < -0.4 is 4.74 Å². The minimum Gasteiger partial charge on any atom is -0.456 e. The summed E-state index contributed by atoms with van der Waals surface area (Å²) in [6.45, 7) is 0.912. The van der Waals surface area contributed by atoms with Crippen molar-refractivity contribution in [3.05, 3.63) is 65.7 Å². The lowest BCUT2D eigenvalue weighted by atomic mass is 10.0. The summed E-state index contributed by atoms with van der Waals surface area (Å²) in [5.41, 5.74) is 5.13. The van der Waals surface area contributed by atoms with Crippen LogP contribution in [0.4, 0.5) is 0 Å². The summed E-state index contributed by atoms with van der Waals surface area (Å²) in [4.78, 5) is 12.4. The van der Waals surface area contributed by atoms with Gasteiger partial charge in [0.1, 0.15) is 18.3 Å². The van der Waals surface area contributed by atoms with E-state index < -0.39 is 0 Å². The number of aromatic nitrogens is 3. The molecule has 2 saturated heterocycles. The second-order valence-electron chi connectivity index (χ2n) is 8.20. The molecule has 0 unspecified atom stereocenters. The van der Waals surface area contributed by atoms with Gasteiger partial charge in [-0.25, -0.2) is 4.98 Å². The molecule has 168 valence electrons. The molecule has 0 spiro atoms. The van der Waals surface area contributed by atoms with E-state index in [1.165, 1.54) is 0 Å². The quantitative estimate of drug-likeness (QED) is 0.469. The van der Waals surface area contributed by atoms with Gasteiger partial charge >= 0.3 is 0 Å². The van der Waals surface area contributed by atoms with Crippen LogP contribution in [0.1, 0.15) is 0 Å². The zero-order chi connectivity index (χ0) is 22.4. The third kappa shape index (κ3) is 3.77. The maximum absolute atomic E-state index is 6.57. The number of nitrogens with zero attached hydrogens (tertiary/aromatic N) is 2. The van der Waals surface area contributed by atoms with Crippen molar-refractivity contribution >= 4 is 22.8 Å². The van der Waals surface area contributed by atoms with E-state index in [-0.39, 0.29) is 24.4 Å². The normalized spacial score (nSPS) is 24.3. The Kier molecular flexibility index (Phi) is 5.27. The zero-order valence-electron chi connectivity index (χ0n) is 17.9. The fourth-order valence-corrected chi connectivity index (χ4v) is 4.74. The lowest BCUT2D eigenvalue weighted by molar-refractivity contribution is -0.0145. The number of halogens is 1. The molecule has 0 radical (unpaired) electrons. The van der Waals surface area contributed by atoms with E-state index in [0.717, 1.165) is 16.7 Å². The standard InChI is InChI=1S/C25H22ClN3O4/c1-30-19-12-31-23-20(13-32-22(19)23)33-25-27-18-11-17(26)21(28-24(18)29-25)16-9-7-15(8-10-16)14-5-3-2-4-6-14/h2-11,19-20,22-23H,12-13H2,1H3,(H,27,28,29)/t19-,20-,22+,23-/m1/s1. The van der Waals surface area contributed by atoms with Crippen LogP contribution in [0, 0.1) is 0 Å². The molecule has 2 aliphatic rings. The molecule has 0 amide bonds. The summed E-state index contributed by atoms with van der Waals surface area (Å²) in [6, 6.07) is 20.6. The highest BCUT2D eigenvalue weighted by molar-refractivity contribution is 6.33. The maximum Gasteiger partial charge on any atom is 0.296 e. The Morgan fingerprint density at radius 2 is 1.55 bits per heavy atom. The lowest BCUT2D eigenvalue weighted by Gasteiger charge is -2.15. The highest BCUT2D eigenvalue weighted by atomic mass is 35.5. The number of hydrogen-bond acceptors (Lipinski definition) is 6. The number of rotatable bonds is 5. The van der Waals surface area contributed by atoms with E-state index in [0.29, 0.717) is 41.1 Å². The first-order chi connectivity index (χ1) is 16.2. The van der Waals surface area contributed by atoms with Crippen molar-refractivity contribution in [2.24, 2.45) is 0 Å². The number of fused-ring (bicyclic) bond motifs is 2. The SMILES string of the molecule is CO[C@@H]1CO[C@H]2[C@H]1OC[C@H]2Oc1nc2nc(-c3ccc(-c4ccccc4)cc3)c(Cl)cc2[nH]1. The number of imidazole rings is 1. The Hall–Kier alpha value is -2.97. The van der Waals surface area contributed by atoms with Gasteiger partial charge in [-0.1, -0.05) is 66.2 Å². The molecule has 2 aromatic heterocycles. The van der Waals surface area contributed by atoms with Crippen molar-refractivity contribution in [3.8, 4) is 28.4 Å². The second-order valence-corrected chi connectivity index (χ2v) is 8.61. The predicted molar refractivity (Wildman–Crippen MR) is 124 cm³/mol. The van der Waals surface area contributed by atoms with Crippen LogP contribution in [0.3, 0.4) is 0 Å². The van der Waals surface area contributed by atoms with Crippen molar-refractivity contribution in [1.82, 2.24) is 15.0 Å². The van der Waals surface area contributed by atoms with E-state index in [1.807, 2.05) is 36.4 Å². The summed E-state index contributed by atoms with van der Waals surface area (Å²) < 4.78 is 23.1. The molecule has 8 heteroatoms. The average molecular weight is 464 g/mol. The van der Waals surface area contributed by atoms with Crippen molar-refractivity contribution in [3.63, 3.8) is 0 Å². The number of aromatic amines is 1. The van der Waals surface area contributed by atoms with E-state index in [2.05, 4.69) is 34.2 Å². The molecule has 7 nitrogen and oxygen atoms in total. The molecule has 0 saturated carbocycles. The van der Waals surface area contributed by atoms with Gasteiger partial charge in [0.05, 0.1) is 29.4 Å². The Balaban J connectivity index is 1.24. The summed E-state index contributed by atoms with van der Waals surface area (Å²) in [7, 11) is 1.66. The Bertz CT molecular complexity index is 1280. The third-order valence-electron chi connectivity index (χ3n) is 6.20. The van der Waals surface area contributed by atoms with Gasteiger partial charge in [0.2, 0.25) is 0 Å². The van der Waals surface area contributed by atoms with Crippen LogP contribution in [0.5, 0.6) is 6.01 Å². The van der Waals surface area contributed by atoms with Crippen LogP contribution >= 0.6 is 11.6 Å². The van der Waals surface area contributed by atoms with Gasteiger partial charge in [0.25, 0.3) is 6.01 Å². The summed E-state index contributed by atoms with van der Waals surface area (Å²) in [6.07, 6.45) is -0.646. The summed E-state index contributed by atoms with van der Waals surface area (Å²) >= 11 is 6.57. The Labute approximate surface area is 195 Å². The molecule has 0 aliphatic carbocycles. The van der Waals surface area contributed by atoms with E-state index in [1.54, 1.807) is 7.11 Å². The number of pyridine rings is 1. The summed E-state index contributed by atoms with van der Waals surface area (Å²) in [5.74, 6) is 0. The van der Waals surface area contributed by atoms with E-state index >= 15 is 0 Å². The van der Waals surface area contributed by atoms with Gasteiger partial charge in [-0.3, -0.25) is 0 Å². The number of benzene rings is 2. The molecule has 4 atom stereocenters. The minimum absolute atomic E-state index is 0.0735. The van der Waals surface area contributed by atoms with Gasteiger partial charge in [0.15, 0.2) is 11.8 Å². The number of nitrogens with one attached hydrogen (secondary N) is 1. The molecule has 2 aromatic carbocycles. The Morgan fingerprint density at radius 3 is 2.30 bits per heavy atom. The number of H-pyrrole nitrogens is 1. The fourth-order valence-electron chi connectivity index (χ4n) is 4.48. The fraction of sp³-hybridized carbons (Fsp3) is 0.280. The van der Waals surface area contributed by atoms with Crippen LogP contribution in [-0.2, 0) is 14.2 Å². The molecule has 4 heterocycles. The Morgan fingerprint density at radius 1 is 0.879 bits per heavy atom. The molecule has 6 rings (SSSR count). The van der Waals surface area contributed by atoms with Crippen molar-refractivity contribution < 1.29 is 18.9 Å². The van der Waals surface area contributed by atoms with Gasteiger partial charge < -0.3 is 23.9 Å². The zero-order valence-corrected chi connectivity index (χ0v) is 18.7. The molecule has 1 N–H and O–H groups in total. The topological polar surface area (TPSA) is 78.5 Å². The molecule has 33 heavy (non-hydrogen) atoms. The lowest BCUT2D eigenvalue weighted by Crippen LogP contribution is -2.35. The first-order valence-electron chi connectivity index (χ1n) is 10.8. The molecule has 4 aromatic rings. The highest BCUT2D eigenvalue weighted by Gasteiger charge is 2.49. The van der Waals surface area contributed by atoms with Crippen LogP contribution in [0.25, 0.3) is 33.5 Å². The molecule has 0 bridgehead atoms. The molecular weight excluding hydrogens is 442 g/mol. The van der Waals surface area contributed by atoms with E-state index in [9.17, 15) is 0 Å². The number of methoxy groups -OCH3 is 1. The predicted octanol–water partition coefficient (Wildman–Crippen LogP) is 4.51. The largest absolute Gasteiger partial charge is 0.456 e.